The number of sulfonamides is 1. The van der Waals surface area contributed by atoms with E-state index in [9.17, 15) is 18.0 Å². The van der Waals surface area contributed by atoms with E-state index in [0.717, 1.165) is 18.9 Å². The maximum Gasteiger partial charge on any atom is 0.340 e. The van der Waals surface area contributed by atoms with Gasteiger partial charge in [0.2, 0.25) is 16.1 Å². The summed E-state index contributed by atoms with van der Waals surface area (Å²) in [4.78, 5) is 26.5. The fraction of sp³-hybridized carbons (Fsp3) is 0.300. The van der Waals surface area contributed by atoms with E-state index < -0.39 is 28.0 Å². The Balaban J connectivity index is 1.95. The summed E-state index contributed by atoms with van der Waals surface area (Å²) in [5, 5.41) is -0.201. The first-order valence-electron chi connectivity index (χ1n) is 9.08. The zero-order valence-corrected chi connectivity index (χ0v) is 18.6. The van der Waals surface area contributed by atoms with Gasteiger partial charge in [0.25, 0.3) is 5.91 Å². The molecule has 0 heterocycles. The first kappa shape index (κ1) is 22.6. The fourth-order valence-corrected chi connectivity index (χ4v) is 4.82. The van der Waals surface area contributed by atoms with E-state index in [1.165, 1.54) is 25.1 Å². The molecule has 1 unspecified atom stereocenters. The maximum absolute atomic E-state index is 12.9. The van der Waals surface area contributed by atoms with Crippen LogP contribution in [-0.4, -0.2) is 45.3 Å². The summed E-state index contributed by atoms with van der Waals surface area (Å²) in [6, 6.07) is 10.6. The lowest BCUT2D eigenvalue weighted by molar-refractivity contribution is -0.138. The van der Waals surface area contributed by atoms with Crippen molar-refractivity contribution in [3.8, 4) is 0 Å². The Hall–Kier alpha value is -2.13. The largest absolute Gasteiger partial charge is 0.444 e. The molecule has 2 aromatic carbocycles. The average molecular weight is 471 g/mol. The van der Waals surface area contributed by atoms with Crippen LogP contribution in [0.25, 0.3) is 0 Å². The van der Waals surface area contributed by atoms with Crippen molar-refractivity contribution in [1.82, 2.24) is 9.62 Å². The molecule has 3 rings (SSSR count). The SMILES string of the molecule is CN(C)C(=O)C(OC(=O)c1cc(S(=O)(=O)NC2CC2)c(Cl)cc1Cl)c1ccccc1. The van der Waals surface area contributed by atoms with E-state index >= 15 is 0 Å². The molecule has 10 heteroatoms. The third kappa shape index (κ3) is 5.13. The maximum atomic E-state index is 12.9. The van der Waals surface area contributed by atoms with Gasteiger partial charge in [-0.1, -0.05) is 53.5 Å². The number of carbonyl (C=O) groups is 2. The van der Waals surface area contributed by atoms with E-state index in [4.69, 9.17) is 27.9 Å². The Bertz CT molecular complexity index is 1070. The third-order valence-electron chi connectivity index (χ3n) is 4.42. The second-order valence-electron chi connectivity index (χ2n) is 7.09. The summed E-state index contributed by atoms with van der Waals surface area (Å²) < 4.78 is 33.1. The number of nitrogens with zero attached hydrogens (tertiary/aromatic N) is 1. The van der Waals surface area contributed by atoms with Gasteiger partial charge in [-0.2, -0.15) is 0 Å². The van der Waals surface area contributed by atoms with Crippen LogP contribution in [0.3, 0.4) is 0 Å². The van der Waals surface area contributed by atoms with Gasteiger partial charge in [0.1, 0.15) is 4.90 Å². The summed E-state index contributed by atoms with van der Waals surface area (Å²) in [5.74, 6) is -1.40. The third-order valence-corrected chi connectivity index (χ3v) is 6.72. The smallest absolute Gasteiger partial charge is 0.340 e. The number of nitrogens with one attached hydrogen (secondary N) is 1. The van der Waals surface area contributed by atoms with Crippen LogP contribution in [0.2, 0.25) is 10.0 Å². The van der Waals surface area contributed by atoms with Crippen LogP contribution < -0.4 is 4.72 Å². The van der Waals surface area contributed by atoms with Crippen molar-refractivity contribution in [1.29, 1.82) is 0 Å². The summed E-state index contributed by atoms with van der Waals surface area (Å²) in [7, 11) is -0.860. The van der Waals surface area contributed by atoms with E-state index in [-0.39, 0.29) is 26.5 Å². The Morgan fingerprint density at radius 3 is 2.30 bits per heavy atom. The van der Waals surface area contributed by atoms with Gasteiger partial charge in [0.15, 0.2) is 0 Å². The van der Waals surface area contributed by atoms with Crippen LogP contribution in [0.1, 0.15) is 34.9 Å². The van der Waals surface area contributed by atoms with Gasteiger partial charge in [0, 0.05) is 25.7 Å². The lowest BCUT2D eigenvalue weighted by atomic mass is 10.1. The number of hydrogen-bond donors (Lipinski definition) is 1. The molecule has 0 aromatic heterocycles. The Kier molecular flexibility index (Phi) is 6.71. The number of esters is 1. The highest BCUT2D eigenvalue weighted by molar-refractivity contribution is 7.89. The minimum atomic E-state index is -3.93. The first-order chi connectivity index (χ1) is 14.1. The van der Waals surface area contributed by atoms with Crippen LogP contribution in [0, 0.1) is 0 Å². The molecule has 0 radical (unpaired) electrons. The van der Waals surface area contributed by atoms with Gasteiger partial charge in [-0.15, -0.1) is 0 Å². The second-order valence-corrected chi connectivity index (χ2v) is 9.58. The van der Waals surface area contributed by atoms with Crippen LogP contribution in [0.4, 0.5) is 0 Å². The highest BCUT2D eigenvalue weighted by Crippen LogP contribution is 2.32. The zero-order chi connectivity index (χ0) is 22.1. The Morgan fingerprint density at radius 2 is 1.73 bits per heavy atom. The number of carbonyl (C=O) groups excluding carboxylic acids is 2. The minimum Gasteiger partial charge on any atom is -0.444 e. The number of halogens is 2. The number of ether oxygens (including phenoxy) is 1. The van der Waals surface area contributed by atoms with Gasteiger partial charge in [-0.05, 0) is 25.0 Å². The van der Waals surface area contributed by atoms with Crippen molar-refractivity contribution in [3.05, 3.63) is 63.6 Å². The number of likely N-dealkylation sites (N-methyl/N-ethyl adjacent to an activating group) is 1. The molecule has 0 bridgehead atoms. The monoisotopic (exact) mass is 470 g/mol. The van der Waals surface area contributed by atoms with Crippen LogP contribution in [0.15, 0.2) is 47.4 Å². The predicted molar refractivity (Wildman–Crippen MR) is 113 cm³/mol. The highest BCUT2D eigenvalue weighted by Gasteiger charge is 2.32. The lowest BCUT2D eigenvalue weighted by Crippen LogP contribution is -2.31. The van der Waals surface area contributed by atoms with E-state index in [1.807, 2.05) is 0 Å². The van der Waals surface area contributed by atoms with Crippen molar-refractivity contribution in [2.24, 2.45) is 0 Å². The van der Waals surface area contributed by atoms with Crippen molar-refractivity contribution in [2.45, 2.75) is 29.9 Å². The van der Waals surface area contributed by atoms with Crippen LogP contribution in [-0.2, 0) is 19.6 Å². The molecule has 0 saturated heterocycles. The molecular formula is C20H20Cl2N2O5S. The van der Waals surface area contributed by atoms with E-state index in [1.54, 1.807) is 30.3 Å². The van der Waals surface area contributed by atoms with Crippen molar-refractivity contribution in [2.75, 3.05) is 14.1 Å². The first-order valence-corrected chi connectivity index (χ1v) is 11.3. The lowest BCUT2D eigenvalue weighted by Gasteiger charge is -2.21. The fourth-order valence-electron chi connectivity index (χ4n) is 2.67. The molecule has 1 amide bonds. The topological polar surface area (TPSA) is 92.8 Å². The molecule has 30 heavy (non-hydrogen) atoms. The van der Waals surface area contributed by atoms with E-state index in [0.29, 0.717) is 5.56 Å². The molecule has 1 atom stereocenters. The Labute approximate surface area is 185 Å². The normalized spacial score (nSPS) is 14.8. The molecule has 1 aliphatic carbocycles. The van der Waals surface area contributed by atoms with Gasteiger partial charge in [-0.25, -0.2) is 17.9 Å². The molecule has 160 valence electrons. The van der Waals surface area contributed by atoms with Crippen molar-refractivity contribution in [3.63, 3.8) is 0 Å². The number of hydrogen-bond acceptors (Lipinski definition) is 5. The number of amides is 1. The minimum absolute atomic E-state index is 0.0838. The quantitative estimate of drug-likeness (QED) is 0.625. The molecular weight excluding hydrogens is 451 g/mol. The molecule has 1 saturated carbocycles. The molecule has 1 N–H and O–H groups in total. The number of benzene rings is 2. The van der Waals surface area contributed by atoms with Gasteiger partial charge < -0.3 is 9.64 Å². The Morgan fingerprint density at radius 1 is 1.10 bits per heavy atom. The van der Waals surface area contributed by atoms with Gasteiger partial charge >= 0.3 is 5.97 Å². The molecule has 1 fully saturated rings. The second kappa shape index (κ2) is 8.93. The molecule has 0 spiro atoms. The van der Waals surface area contributed by atoms with Crippen LogP contribution in [0.5, 0.6) is 0 Å². The zero-order valence-electron chi connectivity index (χ0n) is 16.3. The molecule has 2 aromatic rings. The summed E-state index contributed by atoms with van der Waals surface area (Å²) in [6.45, 7) is 0. The number of rotatable bonds is 7. The average Bonchev–Trinajstić information content (AvgIpc) is 3.49. The van der Waals surface area contributed by atoms with Gasteiger partial charge in [0.05, 0.1) is 15.6 Å². The van der Waals surface area contributed by atoms with Crippen molar-refractivity contribution >= 4 is 45.1 Å². The summed E-state index contributed by atoms with van der Waals surface area (Å²) >= 11 is 12.2. The summed E-state index contributed by atoms with van der Waals surface area (Å²) in [5.41, 5.74) is 0.266. The summed E-state index contributed by atoms with van der Waals surface area (Å²) in [6.07, 6.45) is 0.264. The highest BCUT2D eigenvalue weighted by atomic mass is 35.5. The van der Waals surface area contributed by atoms with Gasteiger partial charge in [-0.3, -0.25) is 4.79 Å². The van der Waals surface area contributed by atoms with Crippen molar-refractivity contribution < 1.29 is 22.7 Å². The molecule has 1 aliphatic rings. The van der Waals surface area contributed by atoms with E-state index in [2.05, 4.69) is 4.72 Å². The standard InChI is InChI=1S/C20H20Cl2N2O5S/c1-24(2)19(25)18(12-6-4-3-5-7-12)29-20(26)14-10-17(16(22)11-15(14)21)30(27,28)23-13-8-9-13/h3-7,10-11,13,18,23H,8-9H2,1-2H3. The molecule has 0 aliphatic heterocycles. The molecule has 7 nitrogen and oxygen atoms in total. The predicted octanol–water partition coefficient (Wildman–Crippen LogP) is 3.42. The van der Waals surface area contributed by atoms with Crippen LogP contribution >= 0.6 is 23.2 Å².